The molecule has 0 unspecified atom stereocenters. The lowest BCUT2D eigenvalue weighted by Gasteiger charge is -2.09. The Hall–Kier alpha value is -1.57. The first-order chi connectivity index (χ1) is 7.10. The largest absolute Gasteiger partial charge is 0.496 e. The average Bonchev–Trinajstić information content (AvgIpc) is 2.17. The van der Waals surface area contributed by atoms with Crippen molar-refractivity contribution in [2.75, 3.05) is 7.11 Å². The molecule has 0 aliphatic heterocycles. The lowest BCUT2D eigenvalue weighted by molar-refractivity contribution is 0.104. The summed E-state index contributed by atoms with van der Waals surface area (Å²) in [7, 11) is 1.64. The molecule has 1 rings (SSSR count). The van der Waals surface area contributed by atoms with Crippen LogP contribution < -0.4 is 4.74 Å². The number of rotatable bonds is 3. The molecule has 0 N–H and O–H groups in total. The van der Waals surface area contributed by atoms with Crippen LogP contribution in [0.2, 0.25) is 0 Å². The second kappa shape index (κ2) is 4.78. The Labute approximate surface area is 90.6 Å². The van der Waals surface area contributed by atoms with E-state index >= 15 is 0 Å². The summed E-state index contributed by atoms with van der Waals surface area (Å²) in [4.78, 5) is 11.6. The maximum Gasteiger partial charge on any atom is 0.185 e. The second-order valence-electron chi connectivity index (χ2n) is 3.51. The number of hydrogen-bond donors (Lipinski definition) is 0. The van der Waals surface area contributed by atoms with E-state index in [4.69, 9.17) is 4.74 Å². The molecular weight excluding hydrogens is 188 g/mol. The highest BCUT2D eigenvalue weighted by Gasteiger charge is 2.08. The average molecular weight is 204 g/mol. The van der Waals surface area contributed by atoms with Gasteiger partial charge in [-0.05, 0) is 50.1 Å². The summed E-state index contributed by atoms with van der Waals surface area (Å²) in [6, 6.07) is 3.71. The van der Waals surface area contributed by atoms with E-state index in [9.17, 15) is 4.79 Å². The summed E-state index contributed by atoms with van der Waals surface area (Å²) >= 11 is 0. The van der Waals surface area contributed by atoms with Gasteiger partial charge >= 0.3 is 0 Å². The fourth-order valence-corrected chi connectivity index (χ4v) is 1.66. The Morgan fingerprint density at radius 1 is 1.27 bits per heavy atom. The van der Waals surface area contributed by atoms with E-state index in [2.05, 4.69) is 0 Å². The van der Waals surface area contributed by atoms with E-state index in [-0.39, 0.29) is 5.78 Å². The minimum absolute atomic E-state index is 0.0337. The Kier molecular flexibility index (Phi) is 3.67. The van der Waals surface area contributed by atoms with Crippen LogP contribution in [0.5, 0.6) is 5.75 Å². The zero-order valence-corrected chi connectivity index (χ0v) is 9.63. The Morgan fingerprint density at radius 3 is 2.20 bits per heavy atom. The number of carbonyl (C=O) groups excluding carboxylic acids is 1. The molecule has 0 saturated heterocycles. The minimum atomic E-state index is 0.0337. The molecule has 0 fully saturated rings. The number of benzene rings is 1. The zero-order chi connectivity index (χ0) is 11.4. The molecular formula is C13H16O2. The zero-order valence-electron chi connectivity index (χ0n) is 9.63. The van der Waals surface area contributed by atoms with Crippen LogP contribution >= 0.6 is 0 Å². The molecule has 0 heterocycles. The van der Waals surface area contributed by atoms with Crippen molar-refractivity contribution in [1.29, 1.82) is 0 Å². The van der Waals surface area contributed by atoms with E-state index in [0.717, 1.165) is 16.9 Å². The van der Waals surface area contributed by atoms with E-state index in [0.29, 0.717) is 5.56 Å². The Balaban J connectivity index is 3.19. The fraction of sp³-hybridized carbons (Fsp3) is 0.308. The van der Waals surface area contributed by atoms with Gasteiger partial charge in [0.2, 0.25) is 0 Å². The molecule has 0 amide bonds. The predicted octanol–water partition coefficient (Wildman–Crippen LogP) is 3.07. The molecule has 2 heteroatoms. The molecule has 1 aromatic rings. The van der Waals surface area contributed by atoms with Gasteiger partial charge in [0, 0.05) is 5.56 Å². The summed E-state index contributed by atoms with van der Waals surface area (Å²) in [6.45, 7) is 5.72. The third-order valence-electron chi connectivity index (χ3n) is 2.27. The molecule has 0 saturated carbocycles. The molecule has 0 atom stereocenters. The van der Waals surface area contributed by atoms with Crippen LogP contribution in [0.25, 0.3) is 0 Å². The summed E-state index contributed by atoms with van der Waals surface area (Å²) in [5, 5.41) is 0. The molecule has 0 aromatic heterocycles. The predicted molar refractivity (Wildman–Crippen MR) is 61.6 cm³/mol. The SMILES string of the molecule is CC=CC(=O)c1cc(C)c(OC)c(C)c1. The molecule has 15 heavy (non-hydrogen) atoms. The van der Waals surface area contributed by atoms with Crippen LogP contribution in [0.15, 0.2) is 24.3 Å². The first-order valence-corrected chi connectivity index (χ1v) is 4.92. The lowest BCUT2D eigenvalue weighted by atomic mass is 10.0. The molecule has 2 nitrogen and oxygen atoms in total. The summed E-state index contributed by atoms with van der Waals surface area (Å²) in [5.41, 5.74) is 2.69. The highest BCUT2D eigenvalue weighted by atomic mass is 16.5. The number of methoxy groups -OCH3 is 1. The first kappa shape index (κ1) is 11.5. The highest BCUT2D eigenvalue weighted by molar-refractivity contribution is 6.04. The Morgan fingerprint density at radius 2 is 1.80 bits per heavy atom. The molecule has 0 aliphatic carbocycles. The number of carbonyl (C=O) groups is 1. The first-order valence-electron chi connectivity index (χ1n) is 4.92. The molecule has 0 spiro atoms. The van der Waals surface area contributed by atoms with Gasteiger partial charge in [0.15, 0.2) is 5.78 Å². The van der Waals surface area contributed by atoms with Crippen LogP contribution in [-0.4, -0.2) is 12.9 Å². The van der Waals surface area contributed by atoms with Gasteiger partial charge < -0.3 is 4.74 Å². The summed E-state index contributed by atoms with van der Waals surface area (Å²) < 4.78 is 5.24. The third kappa shape index (κ3) is 2.46. The van der Waals surface area contributed by atoms with E-state index in [1.54, 1.807) is 19.3 Å². The summed E-state index contributed by atoms with van der Waals surface area (Å²) in [6.07, 6.45) is 3.32. The van der Waals surface area contributed by atoms with Gasteiger partial charge in [0.05, 0.1) is 7.11 Å². The van der Waals surface area contributed by atoms with Crippen LogP contribution in [0.1, 0.15) is 28.4 Å². The third-order valence-corrected chi connectivity index (χ3v) is 2.27. The second-order valence-corrected chi connectivity index (χ2v) is 3.51. The van der Waals surface area contributed by atoms with Crippen molar-refractivity contribution in [2.24, 2.45) is 0 Å². The van der Waals surface area contributed by atoms with E-state index in [1.807, 2.05) is 32.9 Å². The number of ether oxygens (including phenoxy) is 1. The maximum absolute atomic E-state index is 11.6. The fourth-order valence-electron chi connectivity index (χ4n) is 1.66. The highest BCUT2D eigenvalue weighted by Crippen LogP contribution is 2.24. The van der Waals surface area contributed by atoms with Gasteiger partial charge in [-0.2, -0.15) is 0 Å². The quantitative estimate of drug-likeness (QED) is 0.558. The van der Waals surface area contributed by atoms with Crippen LogP contribution in [0.3, 0.4) is 0 Å². The van der Waals surface area contributed by atoms with Gasteiger partial charge in [0.1, 0.15) is 5.75 Å². The normalized spacial score (nSPS) is 10.7. The summed E-state index contributed by atoms with van der Waals surface area (Å²) in [5.74, 6) is 0.887. The monoisotopic (exact) mass is 204 g/mol. The smallest absolute Gasteiger partial charge is 0.185 e. The van der Waals surface area contributed by atoms with E-state index in [1.165, 1.54) is 0 Å². The van der Waals surface area contributed by atoms with Gasteiger partial charge in [-0.3, -0.25) is 4.79 Å². The van der Waals surface area contributed by atoms with Crippen LogP contribution in [0.4, 0.5) is 0 Å². The van der Waals surface area contributed by atoms with Crippen molar-refractivity contribution in [3.05, 3.63) is 41.0 Å². The van der Waals surface area contributed by atoms with Gasteiger partial charge in [-0.1, -0.05) is 6.08 Å². The number of hydrogen-bond acceptors (Lipinski definition) is 2. The lowest BCUT2D eigenvalue weighted by Crippen LogP contribution is -1.98. The maximum atomic E-state index is 11.6. The standard InChI is InChI=1S/C13H16O2/c1-5-6-12(14)11-7-9(2)13(15-4)10(3)8-11/h5-8H,1-4H3. The van der Waals surface area contributed by atoms with Gasteiger partial charge in [0.25, 0.3) is 0 Å². The number of ketones is 1. The molecule has 80 valence electrons. The minimum Gasteiger partial charge on any atom is -0.496 e. The number of aryl methyl sites for hydroxylation is 2. The van der Waals surface area contributed by atoms with Crippen LogP contribution in [0, 0.1) is 13.8 Å². The van der Waals surface area contributed by atoms with Crippen molar-refractivity contribution < 1.29 is 9.53 Å². The molecule has 1 aromatic carbocycles. The number of allylic oxidation sites excluding steroid dienone is 2. The van der Waals surface area contributed by atoms with Crippen molar-refractivity contribution in [1.82, 2.24) is 0 Å². The van der Waals surface area contributed by atoms with Crippen molar-refractivity contribution in [2.45, 2.75) is 20.8 Å². The van der Waals surface area contributed by atoms with Crippen molar-refractivity contribution in [3.8, 4) is 5.75 Å². The van der Waals surface area contributed by atoms with Crippen molar-refractivity contribution in [3.63, 3.8) is 0 Å². The van der Waals surface area contributed by atoms with Gasteiger partial charge in [-0.15, -0.1) is 0 Å². The van der Waals surface area contributed by atoms with E-state index < -0.39 is 0 Å². The van der Waals surface area contributed by atoms with Gasteiger partial charge in [-0.25, -0.2) is 0 Å². The van der Waals surface area contributed by atoms with Crippen LogP contribution in [-0.2, 0) is 0 Å². The Bertz CT molecular complexity index is 380. The van der Waals surface area contributed by atoms with Crippen molar-refractivity contribution >= 4 is 5.78 Å². The topological polar surface area (TPSA) is 26.3 Å². The molecule has 0 radical (unpaired) electrons. The molecule has 0 aliphatic rings. The molecule has 0 bridgehead atoms.